The molecule has 1 fully saturated rings. The van der Waals surface area contributed by atoms with Crippen LogP contribution in [0.15, 0.2) is 6.07 Å². The lowest BCUT2D eigenvalue weighted by Gasteiger charge is -2.31. The maximum absolute atomic E-state index is 10.5. The highest BCUT2D eigenvalue weighted by atomic mass is 16.4. The number of hydrogen-bond acceptors (Lipinski definition) is 2. The molecule has 0 atom stereocenters. The summed E-state index contributed by atoms with van der Waals surface area (Å²) in [5.74, 6) is 0.298. The van der Waals surface area contributed by atoms with E-state index in [0.717, 1.165) is 24.5 Å². The molecule has 1 aliphatic rings. The predicted molar refractivity (Wildman–Crippen MR) is 46.7 cm³/mol. The summed E-state index contributed by atoms with van der Waals surface area (Å²) < 4.78 is 0. The highest BCUT2D eigenvalue weighted by Crippen LogP contribution is 2.40. The molecule has 0 aromatic carbocycles. The molecule has 0 aliphatic heterocycles. The molecule has 0 radical (unpaired) electrons. The summed E-state index contributed by atoms with van der Waals surface area (Å²) in [6.07, 6.45) is 2.28. The summed E-state index contributed by atoms with van der Waals surface area (Å²) in [6, 6.07) is 1.64. The van der Waals surface area contributed by atoms with Gasteiger partial charge in [0.2, 0.25) is 0 Å². The van der Waals surface area contributed by atoms with Crippen molar-refractivity contribution in [3.8, 4) is 0 Å². The Morgan fingerprint density at radius 3 is 2.85 bits per heavy atom. The van der Waals surface area contributed by atoms with Gasteiger partial charge in [0.05, 0.1) is 0 Å². The van der Waals surface area contributed by atoms with Gasteiger partial charge in [-0.2, -0.15) is 5.10 Å². The van der Waals surface area contributed by atoms with Crippen molar-refractivity contribution in [2.24, 2.45) is 5.92 Å². The van der Waals surface area contributed by atoms with Crippen LogP contribution >= 0.6 is 0 Å². The first-order valence-electron chi connectivity index (χ1n) is 4.45. The molecule has 2 rings (SSSR count). The van der Waals surface area contributed by atoms with Crippen molar-refractivity contribution in [3.63, 3.8) is 0 Å². The number of nitrogens with zero attached hydrogens (tertiary/aromatic N) is 1. The lowest BCUT2D eigenvalue weighted by atomic mass is 9.74. The maximum Gasteiger partial charge on any atom is 0.356 e. The van der Waals surface area contributed by atoms with Crippen molar-refractivity contribution in [1.29, 1.82) is 0 Å². The number of aromatic carboxylic acids is 1. The number of aromatic amines is 1. The maximum atomic E-state index is 10.5. The Morgan fingerprint density at radius 2 is 2.38 bits per heavy atom. The number of rotatable bonds is 2. The van der Waals surface area contributed by atoms with Gasteiger partial charge in [0.15, 0.2) is 5.69 Å². The normalized spacial score (nSPS) is 26.8. The summed E-state index contributed by atoms with van der Waals surface area (Å²) in [7, 11) is 0. The third-order valence-corrected chi connectivity index (χ3v) is 2.63. The number of nitrogens with one attached hydrogen (secondary N) is 1. The zero-order valence-corrected chi connectivity index (χ0v) is 7.45. The fraction of sp³-hybridized carbons (Fsp3) is 0.556. The van der Waals surface area contributed by atoms with E-state index in [1.165, 1.54) is 0 Å². The second-order valence-corrected chi connectivity index (χ2v) is 3.79. The van der Waals surface area contributed by atoms with Crippen LogP contribution in [0.1, 0.15) is 41.9 Å². The monoisotopic (exact) mass is 180 g/mol. The molecule has 0 amide bonds. The molecular weight excluding hydrogens is 168 g/mol. The summed E-state index contributed by atoms with van der Waals surface area (Å²) in [5, 5.41) is 15.1. The average Bonchev–Trinajstić information content (AvgIpc) is 2.46. The van der Waals surface area contributed by atoms with Crippen LogP contribution in [0.5, 0.6) is 0 Å². The van der Waals surface area contributed by atoms with Crippen molar-refractivity contribution < 1.29 is 9.90 Å². The molecule has 2 N–H and O–H groups in total. The molecule has 1 aliphatic carbocycles. The van der Waals surface area contributed by atoms with Gasteiger partial charge < -0.3 is 5.11 Å². The zero-order valence-electron chi connectivity index (χ0n) is 7.45. The molecule has 1 saturated carbocycles. The Morgan fingerprint density at radius 1 is 1.69 bits per heavy atom. The van der Waals surface area contributed by atoms with E-state index >= 15 is 0 Å². The average molecular weight is 180 g/mol. The predicted octanol–water partition coefficient (Wildman–Crippen LogP) is 1.62. The van der Waals surface area contributed by atoms with E-state index in [4.69, 9.17) is 5.11 Å². The van der Waals surface area contributed by atoms with E-state index < -0.39 is 5.97 Å². The van der Waals surface area contributed by atoms with Gasteiger partial charge in [0.1, 0.15) is 0 Å². The third kappa shape index (κ3) is 1.43. The molecule has 13 heavy (non-hydrogen) atoms. The van der Waals surface area contributed by atoms with E-state index in [9.17, 15) is 4.79 Å². The number of H-pyrrole nitrogens is 1. The van der Waals surface area contributed by atoms with Crippen LogP contribution in [-0.2, 0) is 0 Å². The first-order valence-corrected chi connectivity index (χ1v) is 4.45. The minimum absolute atomic E-state index is 0.120. The van der Waals surface area contributed by atoms with E-state index in [1.54, 1.807) is 6.07 Å². The van der Waals surface area contributed by atoms with Crippen LogP contribution in [0.25, 0.3) is 0 Å². The summed E-state index contributed by atoms with van der Waals surface area (Å²) in [6.45, 7) is 2.20. The number of hydrogen-bond donors (Lipinski definition) is 2. The first-order chi connectivity index (χ1) is 6.16. The molecule has 0 bridgehead atoms. The van der Waals surface area contributed by atoms with Crippen molar-refractivity contribution in [1.82, 2.24) is 10.2 Å². The van der Waals surface area contributed by atoms with Gasteiger partial charge in [-0.1, -0.05) is 6.92 Å². The Kier molecular flexibility index (Phi) is 1.83. The number of aromatic nitrogens is 2. The molecule has 1 aromatic rings. The Balaban J connectivity index is 2.10. The van der Waals surface area contributed by atoms with Crippen LogP contribution in [0.2, 0.25) is 0 Å². The molecule has 1 aromatic heterocycles. The van der Waals surface area contributed by atoms with Gasteiger partial charge in [0.25, 0.3) is 0 Å². The lowest BCUT2D eigenvalue weighted by Crippen LogP contribution is -2.19. The molecule has 1 heterocycles. The van der Waals surface area contributed by atoms with Gasteiger partial charge in [-0.25, -0.2) is 4.79 Å². The van der Waals surface area contributed by atoms with Crippen molar-refractivity contribution >= 4 is 5.97 Å². The molecular formula is C9H12N2O2. The molecule has 0 unspecified atom stereocenters. The molecule has 0 spiro atoms. The number of carboxylic acid groups (broad SMARTS) is 1. The minimum Gasteiger partial charge on any atom is -0.476 e. The highest BCUT2D eigenvalue weighted by Gasteiger charge is 2.28. The molecule has 4 heteroatoms. The Labute approximate surface area is 76.0 Å². The standard InChI is InChI=1S/C9H12N2O2/c1-5-2-6(3-5)7-4-8(9(12)13)11-10-7/h4-6H,2-3H2,1H3,(H,10,11)(H,12,13). The van der Waals surface area contributed by atoms with Gasteiger partial charge in [-0.3, -0.25) is 5.10 Å². The van der Waals surface area contributed by atoms with Gasteiger partial charge in [-0.15, -0.1) is 0 Å². The number of carboxylic acids is 1. The van der Waals surface area contributed by atoms with E-state index in [-0.39, 0.29) is 5.69 Å². The second-order valence-electron chi connectivity index (χ2n) is 3.79. The summed E-state index contributed by atoms with van der Waals surface area (Å²) >= 11 is 0. The molecule has 0 saturated heterocycles. The van der Waals surface area contributed by atoms with Crippen molar-refractivity contribution in [2.45, 2.75) is 25.7 Å². The second kappa shape index (κ2) is 2.87. The number of carbonyl (C=O) groups is 1. The lowest BCUT2D eigenvalue weighted by molar-refractivity contribution is 0.0690. The van der Waals surface area contributed by atoms with Crippen LogP contribution in [0, 0.1) is 5.92 Å². The van der Waals surface area contributed by atoms with E-state index in [1.807, 2.05) is 0 Å². The van der Waals surface area contributed by atoms with Crippen LogP contribution < -0.4 is 0 Å². The summed E-state index contributed by atoms with van der Waals surface area (Å²) in [5.41, 5.74) is 1.09. The topological polar surface area (TPSA) is 66.0 Å². The Bertz CT molecular complexity index is 326. The van der Waals surface area contributed by atoms with E-state index in [0.29, 0.717) is 5.92 Å². The first kappa shape index (κ1) is 8.29. The quantitative estimate of drug-likeness (QED) is 0.726. The fourth-order valence-electron chi connectivity index (χ4n) is 1.81. The molecule has 4 nitrogen and oxygen atoms in total. The Hall–Kier alpha value is -1.32. The van der Waals surface area contributed by atoms with Crippen LogP contribution in [-0.4, -0.2) is 21.3 Å². The van der Waals surface area contributed by atoms with Gasteiger partial charge >= 0.3 is 5.97 Å². The SMILES string of the molecule is CC1CC(c2cc(C(=O)O)n[nH]2)C1. The highest BCUT2D eigenvalue weighted by molar-refractivity contribution is 5.85. The minimum atomic E-state index is -0.963. The van der Waals surface area contributed by atoms with Crippen LogP contribution in [0.3, 0.4) is 0 Å². The van der Waals surface area contributed by atoms with Crippen molar-refractivity contribution in [3.05, 3.63) is 17.5 Å². The third-order valence-electron chi connectivity index (χ3n) is 2.63. The fourth-order valence-corrected chi connectivity index (χ4v) is 1.81. The summed E-state index contributed by atoms with van der Waals surface area (Å²) in [4.78, 5) is 10.5. The largest absolute Gasteiger partial charge is 0.476 e. The van der Waals surface area contributed by atoms with Gasteiger partial charge in [-0.05, 0) is 24.8 Å². The van der Waals surface area contributed by atoms with Crippen molar-refractivity contribution in [2.75, 3.05) is 0 Å². The molecule has 70 valence electrons. The van der Waals surface area contributed by atoms with E-state index in [2.05, 4.69) is 17.1 Å². The van der Waals surface area contributed by atoms with Gasteiger partial charge in [0, 0.05) is 11.6 Å². The smallest absolute Gasteiger partial charge is 0.356 e. The van der Waals surface area contributed by atoms with Crippen LogP contribution in [0.4, 0.5) is 0 Å². The zero-order chi connectivity index (χ0) is 9.42.